The van der Waals surface area contributed by atoms with Crippen LogP contribution in [0.3, 0.4) is 0 Å². The summed E-state index contributed by atoms with van der Waals surface area (Å²) in [5, 5.41) is 2.94. The Bertz CT molecular complexity index is 409. The Hall–Kier alpha value is -0.620. The lowest BCUT2D eigenvalue weighted by molar-refractivity contribution is 0.0930. The maximum absolute atomic E-state index is 11.8. The monoisotopic (exact) mass is 304 g/mol. The van der Waals surface area contributed by atoms with Crippen molar-refractivity contribution >= 4 is 32.6 Å². The Labute approximate surface area is 105 Å². The second-order valence-corrected chi connectivity index (χ2v) is 6.44. The molecule has 1 amide bonds. The van der Waals surface area contributed by atoms with Gasteiger partial charge in [0.25, 0.3) is 5.91 Å². The number of hydrogen-bond donors (Lipinski definition) is 2. The number of halogens is 1. The minimum absolute atomic E-state index is 0.0941. The van der Waals surface area contributed by atoms with Crippen LogP contribution in [0.1, 0.15) is 23.3 Å². The zero-order chi connectivity index (χ0) is 11.5. The van der Waals surface area contributed by atoms with Crippen molar-refractivity contribution in [3.05, 3.63) is 22.4 Å². The number of rotatable bonds is 2. The van der Waals surface area contributed by atoms with E-state index in [4.69, 9.17) is 0 Å². The molecule has 4 nitrogen and oxygen atoms in total. The molecule has 88 valence electrons. The summed E-state index contributed by atoms with van der Waals surface area (Å²) in [5.41, 5.74) is 0.554. The molecule has 16 heavy (non-hydrogen) atoms. The van der Waals surface area contributed by atoms with Gasteiger partial charge in [-0.25, -0.2) is 0 Å². The van der Waals surface area contributed by atoms with Gasteiger partial charge < -0.3 is 10.3 Å². The molecule has 2 rings (SSSR count). The van der Waals surface area contributed by atoms with Gasteiger partial charge in [-0.15, -0.1) is 0 Å². The van der Waals surface area contributed by atoms with E-state index in [1.807, 2.05) is 0 Å². The molecule has 0 saturated carbocycles. The summed E-state index contributed by atoms with van der Waals surface area (Å²) in [5.74, 6) is 1.29. The maximum atomic E-state index is 11.8. The van der Waals surface area contributed by atoms with Crippen molar-refractivity contribution in [2.75, 3.05) is 11.5 Å². The number of H-pyrrole nitrogens is 1. The molecule has 0 atom stereocenters. The summed E-state index contributed by atoms with van der Waals surface area (Å²) in [7, 11) is -0.683. The van der Waals surface area contributed by atoms with E-state index in [-0.39, 0.29) is 11.9 Å². The molecule has 1 aromatic rings. The fourth-order valence-corrected chi connectivity index (χ4v) is 3.34. The first-order valence-corrected chi connectivity index (χ1v) is 7.43. The first-order valence-electron chi connectivity index (χ1n) is 5.15. The van der Waals surface area contributed by atoms with E-state index in [1.54, 1.807) is 12.3 Å². The summed E-state index contributed by atoms with van der Waals surface area (Å²) < 4.78 is 12.0. The standard InChI is InChI=1S/C10H13BrN2O2S/c11-7-5-9(12-6-7)10(14)13-8-1-3-16(15)4-2-8/h5-6,8,12H,1-4H2,(H,13,14). The Morgan fingerprint density at radius 1 is 1.50 bits per heavy atom. The Kier molecular flexibility index (Phi) is 3.81. The third kappa shape index (κ3) is 2.95. The largest absolute Gasteiger partial charge is 0.356 e. The highest BCUT2D eigenvalue weighted by Crippen LogP contribution is 2.13. The van der Waals surface area contributed by atoms with Crippen molar-refractivity contribution in [1.82, 2.24) is 10.3 Å². The molecule has 1 aliphatic rings. The van der Waals surface area contributed by atoms with Crippen LogP contribution < -0.4 is 5.32 Å². The molecule has 2 heterocycles. The van der Waals surface area contributed by atoms with Gasteiger partial charge in [-0.1, -0.05) is 0 Å². The Morgan fingerprint density at radius 3 is 2.75 bits per heavy atom. The molecule has 0 unspecified atom stereocenters. The van der Waals surface area contributed by atoms with Gasteiger partial charge in [0.2, 0.25) is 0 Å². The van der Waals surface area contributed by atoms with Crippen molar-refractivity contribution in [2.24, 2.45) is 0 Å². The lowest BCUT2D eigenvalue weighted by atomic mass is 10.1. The number of aromatic amines is 1. The van der Waals surface area contributed by atoms with Crippen molar-refractivity contribution in [2.45, 2.75) is 18.9 Å². The molecular weight excluding hydrogens is 292 g/mol. The average Bonchev–Trinajstić information content (AvgIpc) is 2.68. The topological polar surface area (TPSA) is 62.0 Å². The second-order valence-electron chi connectivity index (χ2n) is 3.83. The Morgan fingerprint density at radius 2 is 2.19 bits per heavy atom. The molecule has 1 saturated heterocycles. The lowest BCUT2D eigenvalue weighted by Gasteiger charge is -2.22. The van der Waals surface area contributed by atoms with Crippen LogP contribution in [-0.4, -0.2) is 32.6 Å². The van der Waals surface area contributed by atoms with Gasteiger partial charge in [0.1, 0.15) is 5.69 Å². The summed E-state index contributed by atoms with van der Waals surface area (Å²) in [4.78, 5) is 14.7. The van der Waals surface area contributed by atoms with Gasteiger partial charge in [0, 0.05) is 39.0 Å². The number of carbonyl (C=O) groups excluding carboxylic acids is 1. The van der Waals surface area contributed by atoms with E-state index in [2.05, 4.69) is 26.2 Å². The second kappa shape index (κ2) is 5.14. The first kappa shape index (κ1) is 11.9. The van der Waals surface area contributed by atoms with Crippen LogP contribution in [0.15, 0.2) is 16.7 Å². The maximum Gasteiger partial charge on any atom is 0.267 e. The summed E-state index contributed by atoms with van der Waals surface area (Å²) in [6.07, 6.45) is 3.34. The third-order valence-corrected chi connectivity index (χ3v) is 4.46. The summed E-state index contributed by atoms with van der Waals surface area (Å²) >= 11 is 3.28. The molecule has 2 N–H and O–H groups in total. The molecule has 1 aliphatic heterocycles. The van der Waals surface area contributed by atoms with Crippen molar-refractivity contribution < 1.29 is 9.00 Å². The highest BCUT2D eigenvalue weighted by molar-refractivity contribution is 9.10. The number of aromatic nitrogens is 1. The minimum atomic E-state index is -0.683. The molecule has 0 aromatic carbocycles. The fourth-order valence-electron chi connectivity index (χ4n) is 1.70. The van der Waals surface area contributed by atoms with Crippen molar-refractivity contribution in [1.29, 1.82) is 0 Å². The number of nitrogens with one attached hydrogen (secondary N) is 2. The number of amides is 1. The van der Waals surface area contributed by atoms with Crippen LogP contribution in [0.25, 0.3) is 0 Å². The zero-order valence-corrected chi connectivity index (χ0v) is 11.1. The molecule has 0 radical (unpaired) electrons. The zero-order valence-electron chi connectivity index (χ0n) is 8.66. The summed E-state index contributed by atoms with van der Waals surface area (Å²) in [6, 6.07) is 1.91. The van der Waals surface area contributed by atoms with E-state index >= 15 is 0 Å². The average molecular weight is 305 g/mol. The van der Waals surface area contributed by atoms with E-state index in [0.29, 0.717) is 17.2 Å². The normalized spacial score (nSPS) is 25.3. The molecule has 1 aromatic heterocycles. The number of hydrogen-bond acceptors (Lipinski definition) is 2. The van der Waals surface area contributed by atoms with Gasteiger partial charge >= 0.3 is 0 Å². The van der Waals surface area contributed by atoms with Gasteiger partial charge in [0.15, 0.2) is 0 Å². The van der Waals surface area contributed by atoms with E-state index in [1.165, 1.54) is 0 Å². The highest BCUT2D eigenvalue weighted by atomic mass is 79.9. The Balaban J connectivity index is 1.90. The molecular formula is C10H13BrN2O2S. The van der Waals surface area contributed by atoms with Gasteiger partial charge in [-0.05, 0) is 34.8 Å². The molecule has 1 fully saturated rings. The van der Waals surface area contributed by atoms with Gasteiger partial charge in [-0.2, -0.15) is 0 Å². The van der Waals surface area contributed by atoms with Crippen LogP contribution in [0.2, 0.25) is 0 Å². The molecule has 0 spiro atoms. The molecule has 0 bridgehead atoms. The van der Waals surface area contributed by atoms with Gasteiger partial charge in [0.05, 0.1) is 0 Å². The smallest absolute Gasteiger partial charge is 0.267 e. The van der Waals surface area contributed by atoms with E-state index in [9.17, 15) is 9.00 Å². The van der Waals surface area contributed by atoms with Gasteiger partial charge in [-0.3, -0.25) is 9.00 Å². The number of carbonyl (C=O) groups is 1. The van der Waals surface area contributed by atoms with Crippen LogP contribution in [0, 0.1) is 0 Å². The van der Waals surface area contributed by atoms with E-state index in [0.717, 1.165) is 17.3 Å². The van der Waals surface area contributed by atoms with Crippen LogP contribution >= 0.6 is 15.9 Å². The predicted molar refractivity (Wildman–Crippen MR) is 66.9 cm³/mol. The fraction of sp³-hybridized carbons (Fsp3) is 0.500. The van der Waals surface area contributed by atoms with Crippen molar-refractivity contribution in [3.63, 3.8) is 0 Å². The lowest BCUT2D eigenvalue weighted by Crippen LogP contribution is -2.39. The van der Waals surface area contributed by atoms with Crippen LogP contribution in [-0.2, 0) is 10.8 Å². The predicted octanol–water partition coefficient (Wildman–Crippen LogP) is 1.42. The first-order chi connectivity index (χ1) is 7.65. The van der Waals surface area contributed by atoms with Crippen LogP contribution in [0.4, 0.5) is 0 Å². The van der Waals surface area contributed by atoms with Crippen molar-refractivity contribution in [3.8, 4) is 0 Å². The van der Waals surface area contributed by atoms with E-state index < -0.39 is 10.8 Å². The van der Waals surface area contributed by atoms with Crippen LogP contribution in [0.5, 0.6) is 0 Å². The quantitative estimate of drug-likeness (QED) is 0.868. The molecule has 0 aliphatic carbocycles. The third-order valence-electron chi connectivity index (χ3n) is 2.62. The minimum Gasteiger partial charge on any atom is -0.356 e. The summed E-state index contributed by atoms with van der Waals surface area (Å²) in [6.45, 7) is 0. The SMILES string of the molecule is O=C(NC1CCS(=O)CC1)c1cc(Br)c[nH]1. The highest BCUT2D eigenvalue weighted by Gasteiger charge is 2.20. The molecule has 6 heteroatoms.